The van der Waals surface area contributed by atoms with Crippen molar-refractivity contribution in [2.75, 3.05) is 26.7 Å². The molecule has 0 saturated heterocycles. The van der Waals surface area contributed by atoms with Gasteiger partial charge in [0.25, 0.3) is 0 Å². The molecule has 0 spiro atoms. The minimum absolute atomic E-state index is 0.0497. The van der Waals surface area contributed by atoms with Gasteiger partial charge in [0, 0.05) is 12.6 Å². The Morgan fingerprint density at radius 2 is 2.00 bits per heavy atom. The minimum atomic E-state index is -0.0497. The van der Waals surface area contributed by atoms with Gasteiger partial charge in [-0.15, -0.1) is 0 Å². The first-order valence-corrected chi connectivity index (χ1v) is 8.98. The zero-order valence-electron chi connectivity index (χ0n) is 14.7. The zero-order valence-corrected chi connectivity index (χ0v) is 14.7. The second-order valence-corrected chi connectivity index (χ2v) is 7.13. The highest BCUT2D eigenvalue weighted by molar-refractivity contribution is 5.78. The summed E-state index contributed by atoms with van der Waals surface area (Å²) < 4.78 is 11.7. The van der Waals surface area contributed by atoms with E-state index in [-0.39, 0.29) is 12.0 Å². The van der Waals surface area contributed by atoms with Crippen LogP contribution in [0, 0.1) is 5.92 Å². The van der Waals surface area contributed by atoms with Gasteiger partial charge in [-0.2, -0.15) is 0 Å². The van der Waals surface area contributed by atoms with Crippen LogP contribution in [-0.2, 0) is 4.79 Å². The lowest BCUT2D eigenvalue weighted by Gasteiger charge is -2.31. The van der Waals surface area contributed by atoms with Gasteiger partial charge in [0.1, 0.15) is 12.7 Å². The van der Waals surface area contributed by atoms with E-state index in [2.05, 4.69) is 12.2 Å². The molecule has 24 heavy (non-hydrogen) atoms. The van der Waals surface area contributed by atoms with Gasteiger partial charge in [0.15, 0.2) is 11.5 Å². The first-order chi connectivity index (χ1) is 11.6. The maximum atomic E-state index is 12.3. The van der Waals surface area contributed by atoms with Crippen molar-refractivity contribution in [3.63, 3.8) is 0 Å². The lowest BCUT2D eigenvalue weighted by molar-refractivity contribution is -0.123. The van der Waals surface area contributed by atoms with Crippen molar-refractivity contribution in [3.05, 3.63) is 24.3 Å². The van der Waals surface area contributed by atoms with Crippen LogP contribution in [0.25, 0.3) is 0 Å². The van der Waals surface area contributed by atoms with E-state index in [1.807, 2.05) is 36.2 Å². The number of ether oxygens (including phenoxy) is 2. The number of fused-ring (bicyclic) bond motifs is 1. The van der Waals surface area contributed by atoms with Crippen molar-refractivity contribution >= 4 is 5.91 Å². The molecule has 5 heteroatoms. The smallest absolute Gasteiger partial charge is 0.234 e. The normalized spacial score (nSPS) is 26.2. The number of carbonyl (C=O) groups is 1. The second-order valence-electron chi connectivity index (χ2n) is 7.13. The van der Waals surface area contributed by atoms with Crippen molar-refractivity contribution in [2.45, 2.75) is 44.8 Å². The molecule has 0 aromatic heterocycles. The van der Waals surface area contributed by atoms with Crippen LogP contribution in [0.15, 0.2) is 24.3 Å². The van der Waals surface area contributed by atoms with Crippen molar-refractivity contribution in [1.82, 2.24) is 10.2 Å². The summed E-state index contributed by atoms with van der Waals surface area (Å²) in [5.41, 5.74) is 0. The molecule has 3 rings (SSSR count). The van der Waals surface area contributed by atoms with Crippen molar-refractivity contribution in [3.8, 4) is 11.5 Å². The van der Waals surface area contributed by atoms with Crippen LogP contribution in [0.2, 0.25) is 0 Å². The van der Waals surface area contributed by atoms with Crippen LogP contribution in [0.3, 0.4) is 0 Å². The molecule has 5 nitrogen and oxygen atoms in total. The summed E-state index contributed by atoms with van der Waals surface area (Å²) in [5.74, 6) is 2.26. The molecule has 1 saturated carbocycles. The van der Waals surface area contributed by atoms with E-state index in [4.69, 9.17) is 9.47 Å². The third kappa shape index (κ3) is 4.41. The van der Waals surface area contributed by atoms with Gasteiger partial charge < -0.3 is 14.8 Å². The minimum Gasteiger partial charge on any atom is -0.486 e. The molecular weight excluding hydrogens is 304 g/mol. The van der Waals surface area contributed by atoms with Crippen LogP contribution >= 0.6 is 0 Å². The predicted octanol–water partition coefficient (Wildman–Crippen LogP) is 2.45. The van der Waals surface area contributed by atoms with Crippen LogP contribution in [0.1, 0.15) is 32.6 Å². The predicted molar refractivity (Wildman–Crippen MR) is 93.4 cm³/mol. The Bertz CT molecular complexity index is 563. The molecule has 1 heterocycles. The van der Waals surface area contributed by atoms with Crippen LogP contribution in [-0.4, -0.2) is 49.7 Å². The van der Waals surface area contributed by atoms with E-state index in [0.29, 0.717) is 31.7 Å². The Morgan fingerprint density at radius 3 is 2.79 bits per heavy atom. The number of carbonyl (C=O) groups excluding carboxylic acids is 1. The summed E-state index contributed by atoms with van der Waals surface area (Å²) in [7, 11) is 1.95. The average molecular weight is 332 g/mol. The molecule has 1 aliphatic carbocycles. The highest BCUT2D eigenvalue weighted by Crippen LogP contribution is 2.31. The van der Waals surface area contributed by atoms with Gasteiger partial charge in [0.2, 0.25) is 5.91 Å². The molecule has 0 unspecified atom stereocenters. The number of benzene rings is 1. The van der Waals surface area contributed by atoms with Gasteiger partial charge in [-0.3, -0.25) is 9.69 Å². The number of para-hydroxylation sites is 2. The van der Waals surface area contributed by atoms with Gasteiger partial charge in [-0.05, 0) is 37.9 Å². The number of hydrogen-bond donors (Lipinski definition) is 1. The molecule has 0 radical (unpaired) electrons. The second kappa shape index (κ2) is 7.88. The third-order valence-electron chi connectivity index (χ3n) is 4.95. The van der Waals surface area contributed by atoms with Crippen LogP contribution in [0.4, 0.5) is 0 Å². The molecule has 2 aliphatic rings. The standard InChI is InChI=1S/C19H28N2O3/c1-14-7-3-4-8-16(14)20-19(22)12-21(2)11-15-13-23-17-9-5-6-10-18(17)24-15/h5-6,9-10,14-16H,3-4,7-8,11-13H2,1-2H3,(H,20,22)/t14-,15-,16-/m1/s1. The van der Waals surface area contributed by atoms with Crippen LogP contribution < -0.4 is 14.8 Å². The summed E-state index contributed by atoms with van der Waals surface area (Å²) in [6.45, 7) is 3.81. The van der Waals surface area contributed by atoms with Gasteiger partial charge >= 0.3 is 0 Å². The highest BCUT2D eigenvalue weighted by atomic mass is 16.6. The molecule has 1 amide bonds. The Morgan fingerprint density at radius 1 is 1.25 bits per heavy atom. The first kappa shape index (κ1) is 17.1. The highest BCUT2D eigenvalue weighted by Gasteiger charge is 2.25. The molecule has 1 N–H and O–H groups in total. The van der Waals surface area contributed by atoms with Gasteiger partial charge in [-0.25, -0.2) is 0 Å². The fraction of sp³-hybridized carbons (Fsp3) is 0.632. The summed E-state index contributed by atoms with van der Waals surface area (Å²) >= 11 is 0. The zero-order chi connectivity index (χ0) is 16.9. The Labute approximate surface area is 144 Å². The van der Waals surface area contributed by atoms with E-state index in [0.717, 1.165) is 17.9 Å². The quantitative estimate of drug-likeness (QED) is 0.900. The molecule has 1 fully saturated rings. The molecule has 132 valence electrons. The fourth-order valence-electron chi connectivity index (χ4n) is 3.59. The van der Waals surface area contributed by atoms with Gasteiger partial charge in [0.05, 0.1) is 6.54 Å². The maximum absolute atomic E-state index is 12.3. The number of likely N-dealkylation sites (N-methyl/N-ethyl adjacent to an activating group) is 1. The number of hydrogen-bond acceptors (Lipinski definition) is 4. The Balaban J connectivity index is 1.44. The molecule has 1 aromatic rings. The first-order valence-electron chi connectivity index (χ1n) is 8.98. The van der Waals surface area contributed by atoms with Gasteiger partial charge in [-0.1, -0.05) is 31.9 Å². The van der Waals surface area contributed by atoms with E-state index in [9.17, 15) is 4.79 Å². The number of rotatable bonds is 5. The largest absolute Gasteiger partial charge is 0.486 e. The number of nitrogens with zero attached hydrogens (tertiary/aromatic N) is 1. The lowest BCUT2D eigenvalue weighted by atomic mass is 9.86. The summed E-state index contributed by atoms with van der Waals surface area (Å²) in [6.07, 6.45) is 4.78. The molecule has 1 aromatic carbocycles. The summed E-state index contributed by atoms with van der Waals surface area (Å²) in [4.78, 5) is 14.3. The van der Waals surface area contributed by atoms with Crippen LogP contribution in [0.5, 0.6) is 11.5 Å². The monoisotopic (exact) mass is 332 g/mol. The Hall–Kier alpha value is -1.75. The van der Waals surface area contributed by atoms with Crippen molar-refractivity contribution in [1.29, 1.82) is 0 Å². The molecular formula is C19H28N2O3. The molecule has 0 bridgehead atoms. The fourth-order valence-corrected chi connectivity index (χ4v) is 3.59. The van der Waals surface area contributed by atoms with Crippen molar-refractivity contribution in [2.24, 2.45) is 5.92 Å². The SMILES string of the molecule is C[C@@H]1CCCC[C@H]1NC(=O)CN(C)C[C@@H]1COc2ccccc2O1. The topological polar surface area (TPSA) is 50.8 Å². The third-order valence-corrected chi connectivity index (χ3v) is 4.95. The number of nitrogens with one attached hydrogen (secondary N) is 1. The Kier molecular flexibility index (Phi) is 5.61. The van der Waals surface area contributed by atoms with E-state index in [1.165, 1.54) is 19.3 Å². The summed E-state index contributed by atoms with van der Waals surface area (Å²) in [5, 5.41) is 3.20. The summed E-state index contributed by atoms with van der Waals surface area (Å²) in [6, 6.07) is 8.03. The molecule has 1 aliphatic heterocycles. The van der Waals surface area contributed by atoms with E-state index < -0.39 is 0 Å². The van der Waals surface area contributed by atoms with Crippen molar-refractivity contribution < 1.29 is 14.3 Å². The lowest BCUT2D eigenvalue weighted by Crippen LogP contribution is -2.47. The molecule has 3 atom stereocenters. The average Bonchev–Trinajstić information content (AvgIpc) is 2.56. The van der Waals surface area contributed by atoms with E-state index >= 15 is 0 Å². The van der Waals surface area contributed by atoms with E-state index in [1.54, 1.807) is 0 Å². The number of amides is 1. The maximum Gasteiger partial charge on any atom is 0.234 e.